The molecule has 106 valence electrons. The Morgan fingerprint density at radius 2 is 2.16 bits per heavy atom. The Morgan fingerprint density at radius 1 is 1.47 bits per heavy atom. The van der Waals surface area contributed by atoms with Crippen molar-refractivity contribution in [3.8, 4) is 5.75 Å². The van der Waals surface area contributed by atoms with Crippen LogP contribution < -0.4 is 10.5 Å². The van der Waals surface area contributed by atoms with E-state index in [9.17, 15) is 13.2 Å². The molecule has 0 radical (unpaired) electrons. The zero-order valence-electron chi connectivity index (χ0n) is 10.8. The molecule has 0 saturated carbocycles. The Balaban J connectivity index is 2.49. The molecule has 1 unspecified atom stereocenters. The van der Waals surface area contributed by atoms with Crippen LogP contribution in [0.1, 0.15) is 22.6 Å². The molecule has 2 rings (SSSR count). The van der Waals surface area contributed by atoms with Gasteiger partial charge < -0.3 is 10.5 Å². The summed E-state index contributed by atoms with van der Waals surface area (Å²) in [5, 5.41) is 0. The lowest BCUT2D eigenvalue weighted by Crippen LogP contribution is -2.27. The predicted molar refractivity (Wildman–Crippen MR) is 70.0 cm³/mol. The minimum atomic E-state index is -4.21. The largest absolute Gasteiger partial charge is 0.496 e. The molecular formula is C13H16F3NOS. The Hall–Kier alpha value is -0.880. The zero-order valence-corrected chi connectivity index (χ0v) is 11.6. The third-order valence-electron chi connectivity index (χ3n) is 3.42. The summed E-state index contributed by atoms with van der Waals surface area (Å²) in [6.07, 6.45) is -2.58. The van der Waals surface area contributed by atoms with E-state index in [4.69, 9.17) is 10.5 Å². The minimum Gasteiger partial charge on any atom is -0.496 e. The van der Waals surface area contributed by atoms with Crippen molar-refractivity contribution in [2.75, 3.05) is 19.9 Å². The molecule has 1 atom stereocenters. The molecule has 1 aliphatic rings. The average molecular weight is 291 g/mol. The standard InChI is InChI=1S/C13H16F3NOS/c1-18-10-4-7(5-13(14,15)16)12(19-2)9-3-8(6-17)11(9)10/h4,8H,3,5-6,17H2,1-2H3. The molecule has 1 aliphatic carbocycles. The van der Waals surface area contributed by atoms with Crippen LogP contribution in [0.5, 0.6) is 5.75 Å². The summed E-state index contributed by atoms with van der Waals surface area (Å²) in [5.41, 5.74) is 7.92. The number of halogens is 3. The third-order valence-corrected chi connectivity index (χ3v) is 4.34. The van der Waals surface area contributed by atoms with E-state index in [1.807, 2.05) is 0 Å². The van der Waals surface area contributed by atoms with Gasteiger partial charge in [-0.1, -0.05) is 0 Å². The minimum absolute atomic E-state index is 0.204. The fourth-order valence-corrected chi connectivity index (χ4v) is 3.44. The average Bonchev–Trinajstić information content (AvgIpc) is 2.29. The number of hydrogen-bond acceptors (Lipinski definition) is 3. The van der Waals surface area contributed by atoms with Crippen molar-refractivity contribution in [2.24, 2.45) is 5.73 Å². The van der Waals surface area contributed by atoms with E-state index in [0.717, 1.165) is 22.4 Å². The van der Waals surface area contributed by atoms with Crippen molar-refractivity contribution in [3.05, 3.63) is 22.8 Å². The van der Waals surface area contributed by atoms with Crippen molar-refractivity contribution in [1.29, 1.82) is 0 Å². The van der Waals surface area contributed by atoms with Gasteiger partial charge in [0.2, 0.25) is 0 Å². The lowest BCUT2D eigenvalue weighted by atomic mass is 9.75. The summed E-state index contributed by atoms with van der Waals surface area (Å²) in [7, 11) is 1.48. The number of fused-ring (bicyclic) bond motifs is 1. The second-order valence-corrected chi connectivity index (χ2v) is 5.41. The topological polar surface area (TPSA) is 35.2 Å². The van der Waals surface area contributed by atoms with Crippen LogP contribution in [0.4, 0.5) is 13.2 Å². The second kappa shape index (κ2) is 5.25. The Labute approximate surface area is 114 Å². The molecule has 2 N–H and O–H groups in total. The van der Waals surface area contributed by atoms with Gasteiger partial charge in [-0.05, 0) is 36.4 Å². The highest BCUT2D eigenvalue weighted by Crippen LogP contribution is 2.48. The van der Waals surface area contributed by atoms with Crippen LogP contribution in [0, 0.1) is 0 Å². The monoisotopic (exact) mass is 291 g/mol. The van der Waals surface area contributed by atoms with Crippen molar-refractivity contribution >= 4 is 11.8 Å². The first-order valence-corrected chi connectivity index (χ1v) is 7.17. The molecular weight excluding hydrogens is 275 g/mol. The van der Waals surface area contributed by atoms with Gasteiger partial charge in [0.25, 0.3) is 0 Å². The lowest BCUT2D eigenvalue weighted by Gasteiger charge is -2.34. The van der Waals surface area contributed by atoms with E-state index in [1.165, 1.54) is 24.9 Å². The summed E-state index contributed by atoms with van der Waals surface area (Å²) in [6.45, 7) is 0.496. The zero-order chi connectivity index (χ0) is 14.2. The van der Waals surface area contributed by atoms with Crippen LogP contribution in [0.3, 0.4) is 0 Å². The number of benzene rings is 1. The molecule has 0 fully saturated rings. The number of methoxy groups -OCH3 is 1. The summed E-state index contributed by atoms with van der Waals surface area (Å²) in [6, 6.07) is 1.51. The van der Waals surface area contributed by atoms with Crippen molar-refractivity contribution in [1.82, 2.24) is 0 Å². The summed E-state index contributed by atoms with van der Waals surface area (Å²) >= 11 is 1.36. The predicted octanol–water partition coefficient (Wildman–Crippen LogP) is 3.12. The number of thioether (sulfide) groups is 1. The quantitative estimate of drug-likeness (QED) is 0.866. The van der Waals surface area contributed by atoms with Crippen LogP contribution in [0.15, 0.2) is 11.0 Å². The Morgan fingerprint density at radius 3 is 2.63 bits per heavy atom. The van der Waals surface area contributed by atoms with Gasteiger partial charge in [-0.25, -0.2) is 0 Å². The van der Waals surface area contributed by atoms with Gasteiger partial charge in [0.1, 0.15) is 5.75 Å². The van der Waals surface area contributed by atoms with Gasteiger partial charge in [-0.3, -0.25) is 0 Å². The maximum atomic E-state index is 12.6. The molecule has 6 heteroatoms. The number of ether oxygens (including phenoxy) is 1. The number of rotatable bonds is 4. The lowest BCUT2D eigenvalue weighted by molar-refractivity contribution is -0.127. The van der Waals surface area contributed by atoms with Gasteiger partial charge in [0.05, 0.1) is 13.5 Å². The van der Waals surface area contributed by atoms with Crippen molar-refractivity contribution < 1.29 is 17.9 Å². The van der Waals surface area contributed by atoms with E-state index >= 15 is 0 Å². The van der Waals surface area contributed by atoms with E-state index in [0.29, 0.717) is 17.9 Å². The second-order valence-electron chi connectivity index (χ2n) is 4.59. The highest BCUT2D eigenvalue weighted by atomic mass is 32.2. The molecule has 19 heavy (non-hydrogen) atoms. The van der Waals surface area contributed by atoms with E-state index in [2.05, 4.69) is 0 Å². The maximum Gasteiger partial charge on any atom is 0.393 e. The normalized spacial score (nSPS) is 17.9. The van der Waals surface area contributed by atoms with Crippen molar-refractivity contribution in [2.45, 2.75) is 29.8 Å². The van der Waals surface area contributed by atoms with E-state index in [1.54, 1.807) is 6.26 Å². The number of alkyl halides is 3. The molecule has 0 saturated heterocycles. The molecule has 1 aromatic rings. The van der Waals surface area contributed by atoms with E-state index < -0.39 is 12.6 Å². The fourth-order valence-electron chi connectivity index (χ4n) is 2.61. The summed E-state index contributed by atoms with van der Waals surface area (Å²) in [5.74, 6) is 0.740. The highest BCUT2D eigenvalue weighted by Gasteiger charge is 2.36. The molecule has 0 bridgehead atoms. The smallest absolute Gasteiger partial charge is 0.393 e. The molecule has 1 aromatic carbocycles. The van der Waals surface area contributed by atoms with Crippen LogP contribution in [-0.4, -0.2) is 26.1 Å². The summed E-state index contributed by atoms with van der Waals surface area (Å²) in [4.78, 5) is 0.734. The first-order valence-electron chi connectivity index (χ1n) is 5.94. The fraction of sp³-hybridized carbons (Fsp3) is 0.538. The summed E-state index contributed by atoms with van der Waals surface area (Å²) < 4.78 is 43.1. The SMILES string of the molecule is COc1cc(CC(F)(F)F)c(SC)c2c1C(CN)C2. The molecule has 0 aromatic heterocycles. The van der Waals surface area contributed by atoms with Crippen molar-refractivity contribution in [3.63, 3.8) is 0 Å². The third kappa shape index (κ3) is 2.69. The number of hydrogen-bond donors (Lipinski definition) is 1. The maximum absolute atomic E-state index is 12.6. The molecule has 0 spiro atoms. The molecule has 0 heterocycles. The Bertz CT molecular complexity index is 488. The van der Waals surface area contributed by atoms with Crippen LogP contribution in [0.2, 0.25) is 0 Å². The number of nitrogens with two attached hydrogens (primary N) is 1. The van der Waals surface area contributed by atoms with Crippen LogP contribution in [0.25, 0.3) is 0 Å². The van der Waals surface area contributed by atoms with Gasteiger partial charge >= 0.3 is 6.18 Å². The first-order chi connectivity index (χ1) is 8.91. The van der Waals surface area contributed by atoms with E-state index in [-0.39, 0.29) is 5.92 Å². The molecule has 0 amide bonds. The Kier molecular flexibility index (Phi) is 4.01. The van der Waals surface area contributed by atoms with Crippen LogP contribution in [-0.2, 0) is 12.8 Å². The molecule has 0 aliphatic heterocycles. The van der Waals surface area contributed by atoms with Gasteiger partial charge in [-0.2, -0.15) is 13.2 Å². The first kappa shape index (κ1) is 14.5. The van der Waals surface area contributed by atoms with Gasteiger partial charge in [0.15, 0.2) is 0 Å². The molecule has 2 nitrogen and oxygen atoms in total. The van der Waals surface area contributed by atoms with Gasteiger partial charge in [0, 0.05) is 16.4 Å². The van der Waals surface area contributed by atoms with Crippen LogP contribution >= 0.6 is 11.8 Å². The highest BCUT2D eigenvalue weighted by molar-refractivity contribution is 7.98. The van der Waals surface area contributed by atoms with Gasteiger partial charge in [-0.15, -0.1) is 11.8 Å².